The molecule has 19 heavy (non-hydrogen) atoms. The Balaban J connectivity index is 0.00000180. The molecule has 0 saturated carbocycles. The van der Waals surface area contributed by atoms with Crippen molar-refractivity contribution in [3.63, 3.8) is 0 Å². The normalized spacial score (nSPS) is 10.9. The van der Waals surface area contributed by atoms with Gasteiger partial charge < -0.3 is 6.53 Å². The smallest absolute Gasteiger partial charge is 1.00 e. The number of carboxylic acids is 1. The van der Waals surface area contributed by atoms with E-state index in [9.17, 15) is 18.0 Å². The van der Waals surface area contributed by atoms with Crippen molar-refractivity contribution in [2.45, 2.75) is 6.18 Å². The van der Waals surface area contributed by atoms with Crippen LogP contribution in [0, 0.1) is 0 Å². The SMILES string of the molecule is O=C(O)c1cccc(-c2cc(C(F)(F)F)[nH]n2)c1.[H-].[Na+]. The first kappa shape index (κ1) is 15.7. The second-order valence-corrected chi connectivity index (χ2v) is 3.55. The van der Waals surface area contributed by atoms with E-state index in [-0.39, 0.29) is 42.2 Å². The molecule has 2 aromatic rings. The molecule has 0 aliphatic rings. The van der Waals surface area contributed by atoms with E-state index in [1.54, 1.807) is 0 Å². The molecule has 1 aromatic heterocycles. The van der Waals surface area contributed by atoms with E-state index < -0.39 is 17.8 Å². The van der Waals surface area contributed by atoms with Crippen molar-refractivity contribution in [2.24, 2.45) is 0 Å². The fraction of sp³-hybridized carbons (Fsp3) is 0.0909. The second kappa shape index (κ2) is 5.77. The zero-order valence-corrected chi connectivity index (χ0v) is 11.8. The number of aromatic amines is 1. The van der Waals surface area contributed by atoms with E-state index >= 15 is 0 Å². The predicted molar refractivity (Wildman–Crippen MR) is 57.1 cm³/mol. The van der Waals surface area contributed by atoms with Crippen LogP contribution in [0.1, 0.15) is 17.5 Å². The molecule has 0 spiro atoms. The Morgan fingerprint density at radius 3 is 2.53 bits per heavy atom. The van der Waals surface area contributed by atoms with Crippen molar-refractivity contribution in [1.29, 1.82) is 0 Å². The zero-order chi connectivity index (χ0) is 13.3. The number of alkyl halides is 3. The van der Waals surface area contributed by atoms with Crippen LogP contribution in [0.15, 0.2) is 30.3 Å². The second-order valence-electron chi connectivity index (χ2n) is 3.55. The van der Waals surface area contributed by atoms with Gasteiger partial charge in [0.2, 0.25) is 0 Å². The van der Waals surface area contributed by atoms with E-state index in [1.807, 2.05) is 5.10 Å². The van der Waals surface area contributed by atoms with Gasteiger partial charge in [-0.3, -0.25) is 5.10 Å². The van der Waals surface area contributed by atoms with Crippen molar-refractivity contribution in [2.75, 3.05) is 0 Å². The molecule has 0 bridgehead atoms. The number of carboxylic acid groups (broad SMARTS) is 1. The molecule has 0 unspecified atom stereocenters. The largest absolute Gasteiger partial charge is 1.00 e. The Bertz CT molecular complexity index is 601. The summed E-state index contributed by atoms with van der Waals surface area (Å²) in [4.78, 5) is 10.7. The summed E-state index contributed by atoms with van der Waals surface area (Å²) in [5.41, 5.74) is -0.630. The van der Waals surface area contributed by atoms with Crippen molar-refractivity contribution >= 4 is 5.97 Å². The number of hydrogen-bond donors (Lipinski definition) is 2. The molecule has 0 fully saturated rings. The first-order valence-corrected chi connectivity index (χ1v) is 4.84. The Labute approximate surface area is 129 Å². The van der Waals surface area contributed by atoms with Crippen LogP contribution >= 0.6 is 0 Å². The minimum atomic E-state index is -4.50. The van der Waals surface area contributed by atoms with E-state index in [1.165, 1.54) is 24.3 Å². The van der Waals surface area contributed by atoms with Crippen LogP contribution in [0.3, 0.4) is 0 Å². The van der Waals surface area contributed by atoms with E-state index in [0.29, 0.717) is 5.56 Å². The van der Waals surface area contributed by atoms with Crippen LogP contribution < -0.4 is 29.6 Å². The Hall–Kier alpha value is -1.31. The molecule has 1 aromatic carbocycles. The number of halogens is 3. The minimum absolute atomic E-state index is 0. The number of aromatic nitrogens is 2. The van der Waals surface area contributed by atoms with Crippen LogP contribution in [0.25, 0.3) is 11.3 Å². The number of aromatic carboxylic acids is 1. The number of H-pyrrole nitrogens is 1. The first-order valence-electron chi connectivity index (χ1n) is 4.84. The molecule has 2 N–H and O–H groups in total. The number of nitrogens with one attached hydrogen (secondary N) is 1. The number of hydrogen-bond acceptors (Lipinski definition) is 2. The van der Waals surface area contributed by atoms with Gasteiger partial charge in [0.25, 0.3) is 0 Å². The molecule has 1 heterocycles. The van der Waals surface area contributed by atoms with Crippen LogP contribution in [0.4, 0.5) is 13.2 Å². The zero-order valence-electron chi connectivity index (χ0n) is 10.8. The van der Waals surface area contributed by atoms with Crippen LogP contribution in [-0.2, 0) is 6.18 Å². The number of nitrogens with zero attached hydrogens (tertiary/aromatic N) is 1. The van der Waals surface area contributed by atoms with Crippen LogP contribution in [-0.4, -0.2) is 21.3 Å². The van der Waals surface area contributed by atoms with Gasteiger partial charge in [-0.05, 0) is 18.2 Å². The molecule has 8 heteroatoms. The summed E-state index contributed by atoms with van der Waals surface area (Å²) >= 11 is 0. The summed E-state index contributed by atoms with van der Waals surface area (Å²) in [6.07, 6.45) is -4.50. The Morgan fingerprint density at radius 1 is 1.32 bits per heavy atom. The molecule has 0 saturated heterocycles. The van der Waals surface area contributed by atoms with Crippen molar-refractivity contribution in [3.8, 4) is 11.3 Å². The van der Waals surface area contributed by atoms with Gasteiger partial charge in [0.15, 0.2) is 0 Å². The molecule has 4 nitrogen and oxygen atoms in total. The number of benzene rings is 1. The molecule has 0 aliphatic carbocycles. The van der Waals surface area contributed by atoms with Gasteiger partial charge in [-0.25, -0.2) is 4.79 Å². The Kier molecular flexibility index (Phi) is 4.78. The summed E-state index contributed by atoms with van der Waals surface area (Å²) < 4.78 is 37.1. The average molecular weight is 280 g/mol. The summed E-state index contributed by atoms with van der Waals surface area (Å²) in [7, 11) is 0. The van der Waals surface area contributed by atoms with Gasteiger partial charge in [0.05, 0.1) is 11.3 Å². The monoisotopic (exact) mass is 280 g/mol. The fourth-order valence-corrected chi connectivity index (χ4v) is 1.43. The van der Waals surface area contributed by atoms with Crippen molar-refractivity contribution in [1.82, 2.24) is 10.2 Å². The number of carbonyl (C=O) groups is 1. The van der Waals surface area contributed by atoms with E-state index in [0.717, 1.165) is 6.07 Å². The topological polar surface area (TPSA) is 66.0 Å². The predicted octanol–water partition coefficient (Wildman–Crippen LogP) is -0.0898. The minimum Gasteiger partial charge on any atom is -1.00 e. The molecule has 0 atom stereocenters. The summed E-state index contributed by atoms with van der Waals surface area (Å²) in [5, 5.41) is 14.2. The van der Waals surface area contributed by atoms with Crippen LogP contribution in [0.5, 0.6) is 0 Å². The van der Waals surface area contributed by atoms with Gasteiger partial charge in [-0.2, -0.15) is 18.3 Å². The molecule has 0 radical (unpaired) electrons. The Morgan fingerprint density at radius 2 is 2.00 bits per heavy atom. The third-order valence-corrected chi connectivity index (χ3v) is 2.29. The van der Waals surface area contributed by atoms with Gasteiger partial charge in [-0.1, -0.05) is 12.1 Å². The molecule has 0 amide bonds. The first-order chi connectivity index (χ1) is 8.38. The third-order valence-electron chi connectivity index (χ3n) is 2.29. The molecule has 0 aliphatic heterocycles. The van der Waals surface area contributed by atoms with Gasteiger partial charge in [-0.15, -0.1) is 0 Å². The van der Waals surface area contributed by atoms with Crippen molar-refractivity contribution < 1.29 is 54.1 Å². The van der Waals surface area contributed by atoms with Crippen molar-refractivity contribution in [3.05, 3.63) is 41.6 Å². The maximum Gasteiger partial charge on any atom is 1.00 e. The molecule has 2 rings (SSSR count). The quantitative estimate of drug-likeness (QED) is 0.756. The summed E-state index contributed by atoms with van der Waals surface area (Å²) in [6, 6.07) is 6.38. The standard InChI is InChI=1S/C11H7F3N2O2.Na.H/c12-11(13,14)9-5-8(15-16-9)6-2-1-3-7(4-6)10(17)18;;/h1-5H,(H,15,16)(H,17,18);;/q;+1;-1. The number of rotatable bonds is 2. The maximum atomic E-state index is 12.4. The van der Waals surface area contributed by atoms with Gasteiger partial charge in [0.1, 0.15) is 5.69 Å². The summed E-state index contributed by atoms with van der Waals surface area (Å²) in [5.74, 6) is -1.15. The van der Waals surface area contributed by atoms with E-state index in [4.69, 9.17) is 5.11 Å². The summed E-state index contributed by atoms with van der Waals surface area (Å²) in [6.45, 7) is 0. The average Bonchev–Trinajstić information content (AvgIpc) is 2.78. The van der Waals surface area contributed by atoms with Crippen LogP contribution in [0.2, 0.25) is 0 Å². The molecule has 96 valence electrons. The molecular formula is C11H8F3N2NaO2. The fourth-order valence-electron chi connectivity index (χ4n) is 1.43. The van der Waals surface area contributed by atoms with Gasteiger partial charge in [0, 0.05) is 5.56 Å². The van der Waals surface area contributed by atoms with Gasteiger partial charge >= 0.3 is 41.7 Å². The van der Waals surface area contributed by atoms with E-state index in [2.05, 4.69) is 5.10 Å². The maximum absolute atomic E-state index is 12.4. The third kappa shape index (κ3) is 3.59. The molecular weight excluding hydrogens is 272 g/mol.